The summed E-state index contributed by atoms with van der Waals surface area (Å²) in [6.45, 7) is 2.29. The number of nitriles is 1. The molecule has 5 heteroatoms. The van der Waals surface area contributed by atoms with Gasteiger partial charge in [0.15, 0.2) is 0 Å². The highest BCUT2D eigenvalue weighted by molar-refractivity contribution is 5.17. The Hall–Kier alpha value is -1.67. The second-order valence-electron chi connectivity index (χ2n) is 2.99. The Morgan fingerprint density at radius 2 is 2.40 bits per heavy atom. The van der Waals surface area contributed by atoms with Crippen LogP contribution >= 0.6 is 0 Å². The number of aliphatic hydroxyl groups excluding tert-OH is 1. The highest BCUT2D eigenvalue weighted by Gasteiger charge is 2.11. The average Bonchev–Trinajstić information content (AvgIpc) is 2.29. The largest absolute Gasteiger partial charge is 0.477 e. The molecule has 0 spiro atoms. The van der Waals surface area contributed by atoms with Crippen LogP contribution < -0.4 is 4.74 Å². The number of ether oxygens (including phenoxy) is 1. The highest BCUT2D eigenvalue weighted by atomic mass is 16.5. The smallest absolute Gasteiger partial charge is 0.232 e. The second-order valence-corrected chi connectivity index (χ2v) is 2.99. The monoisotopic (exact) mass is 207 g/mol. The Morgan fingerprint density at radius 3 is 3.00 bits per heavy atom. The maximum Gasteiger partial charge on any atom is 0.232 e. The van der Waals surface area contributed by atoms with Crippen molar-refractivity contribution in [3.05, 3.63) is 18.1 Å². The first-order valence-corrected chi connectivity index (χ1v) is 4.77. The molecule has 1 unspecified atom stereocenters. The van der Waals surface area contributed by atoms with Gasteiger partial charge in [-0.05, 0) is 6.42 Å². The molecule has 0 saturated carbocycles. The lowest BCUT2D eigenvalue weighted by atomic mass is 10.1. The van der Waals surface area contributed by atoms with E-state index >= 15 is 0 Å². The number of aliphatic hydroxyl groups is 1. The van der Waals surface area contributed by atoms with Gasteiger partial charge in [0.25, 0.3) is 0 Å². The molecule has 15 heavy (non-hydrogen) atoms. The lowest BCUT2D eigenvalue weighted by molar-refractivity contribution is 0.279. The number of rotatable bonds is 5. The van der Waals surface area contributed by atoms with Crippen LogP contribution in [0, 0.1) is 11.3 Å². The lowest BCUT2D eigenvalue weighted by Crippen LogP contribution is -2.06. The van der Waals surface area contributed by atoms with Gasteiger partial charge >= 0.3 is 0 Å². The minimum Gasteiger partial charge on any atom is -0.477 e. The third kappa shape index (κ3) is 3.18. The van der Waals surface area contributed by atoms with Crippen LogP contribution in [0.3, 0.4) is 0 Å². The molecule has 0 aliphatic heterocycles. The van der Waals surface area contributed by atoms with Crippen molar-refractivity contribution >= 4 is 0 Å². The van der Waals surface area contributed by atoms with Gasteiger partial charge in [-0.2, -0.15) is 5.26 Å². The van der Waals surface area contributed by atoms with Crippen LogP contribution in [0.1, 0.15) is 25.0 Å². The maximum absolute atomic E-state index is 8.92. The van der Waals surface area contributed by atoms with E-state index in [1.165, 1.54) is 12.4 Å². The molecule has 1 N–H and O–H groups in total. The van der Waals surface area contributed by atoms with Crippen molar-refractivity contribution < 1.29 is 9.84 Å². The normalized spacial score (nSPS) is 11.8. The zero-order chi connectivity index (χ0) is 11.1. The summed E-state index contributed by atoms with van der Waals surface area (Å²) >= 11 is 0. The first-order chi connectivity index (χ1) is 7.31. The summed E-state index contributed by atoms with van der Waals surface area (Å²) < 4.78 is 5.27. The van der Waals surface area contributed by atoms with E-state index in [1.807, 2.05) is 13.0 Å². The first kappa shape index (κ1) is 11.4. The summed E-state index contributed by atoms with van der Waals surface area (Å²) in [6, 6.07) is 1.94. The highest BCUT2D eigenvalue weighted by Crippen LogP contribution is 2.13. The topological polar surface area (TPSA) is 79.0 Å². The molecule has 0 saturated heterocycles. The minimum atomic E-state index is -0.636. The van der Waals surface area contributed by atoms with Crippen molar-refractivity contribution in [2.75, 3.05) is 13.2 Å². The third-order valence-corrected chi connectivity index (χ3v) is 1.78. The van der Waals surface area contributed by atoms with E-state index in [4.69, 9.17) is 15.1 Å². The zero-order valence-corrected chi connectivity index (χ0v) is 8.55. The Kier molecular flexibility index (Phi) is 4.51. The van der Waals surface area contributed by atoms with Crippen LogP contribution in [0.15, 0.2) is 12.4 Å². The van der Waals surface area contributed by atoms with E-state index in [0.29, 0.717) is 18.2 Å². The Labute approximate surface area is 88.4 Å². The first-order valence-electron chi connectivity index (χ1n) is 4.77. The van der Waals surface area contributed by atoms with Crippen LogP contribution in [-0.2, 0) is 0 Å². The van der Waals surface area contributed by atoms with Gasteiger partial charge in [0.05, 0.1) is 37.4 Å². The Morgan fingerprint density at radius 1 is 1.60 bits per heavy atom. The summed E-state index contributed by atoms with van der Waals surface area (Å²) in [5, 5.41) is 17.6. The molecule has 0 radical (unpaired) electrons. The van der Waals surface area contributed by atoms with Crippen molar-refractivity contribution in [1.29, 1.82) is 5.26 Å². The molecular formula is C10H13N3O2. The molecule has 5 nitrogen and oxygen atoms in total. The van der Waals surface area contributed by atoms with Crippen molar-refractivity contribution in [1.82, 2.24) is 9.97 Å². The van der Waals surface area contributed by atoms with Gasteiger partial charge in [-0.25, -0.2) is 4.98 Å². The van der Waals surface area contributed by atoms with Crippen molar-refractivity contribution in [3.8, 4) is 11.9 Å². The average molecular weight is 207 g/mol. The molecule has 0 fully saturated rings. The number of hydrogen-bond acceptors (Lipinski definition) is 5. The Bertz CT molecular complexity index is 349. The fourth-order valence-electron chi connectivity index (χ4n) is 1.01. The number of nitrogens with zero attached hydrogens (tertiary/aromatic N) is 3. The van der Waals surface area contributed by atoms with Crippen molar-refractivity contribution in [3.63, 3.8) is 0 Å². The molecule has 1 aromatic heterocycles. The van der Waals surface area contributed by atoms with Crippen LogP contribution in [0.5, 0.6) is 5.88 Å². The molecule has 0 aromatic carbocycles. The molecule has 1 atom stereocenters. The van der Waals surface area contributed by atoms with E-state index in [0.717, 1.165) is 6.42 Å². The molecule has 80 valence electrons. The fourth-order valence-corrected chi connectivity index (χ4v) is 1.01. The van der Waals surface area contributed by atoms with Crippen molar-refractivity contribution in [2.24, 2.45) is 0 Å². The molecular weight excluding hydrogens is 194 g/mol. The van der Waals surface area contributed by atoms with Gasteiger partial charge in [-0.3, -0.25) is 4.98 Å². The maximum atomic E-state index is 8.92. The molecule has 1 aromatic rings. The van der Waals surface area contributed by atoms with Gasteiger partial charge < -0.3 is 9.84 Å². The van der Waals surface area contributed by atoms with Gasteiger partial charge in [-0.1, -0.05) is 6.92 Å². The van der Waals surface area contributed by atoms with Gasteiger partial charge in [-0.15, -0.1) is 0 Å². The van der Waals surface area contributed by atoms with Crippen LogP contribution in [0.25, 0.3) is 0 Å². The quantitative estimate of drug-likeness (QED) is 0.774. The standard InChI is InChI=1S/C10H13N3O2/c1-2-3-15-10-6-12-5-9(13-10)8(4-11)7-14/h5-6,8,14H,2-3,7H2,1H3. The predicted octanol–water partition coefficient (Wildman–Crippen LogP) is 0.865. The third-order valence-electron chi connectivity index (χ3n) is 1.78. The van der Waals surface area contributed by atoms with E-state index < -0.39 is 5.92 Å². The van der Waals surface area contributed by atoms with Crippen molar-refractivity contribution in [2.45, 2.75) is 19.3 Å². The minimum absolute atomic E-state index is 0.261. The van der Waals surface area contributed by atoms with Crippen LogP contribution in [0.4, 0.5) is 0 Å². The zero-order valence-electron chi connectivity index (χ0n) is 8.55. The van der Waals surface area contributed by atoms with E-state index in [1.54, 1.807) is 0 Å². The molecule has 0 aliphatic rings. The second kappa shape index (κ2) is 5.94. The summed E-state index contributed by atoms with van der Waals surface area (Å²) in [5.74, 6) is -0.245. The molecule has 0 bridgehead atoms. The van der Waals surface area contributed by atoms with Gasteiger partial charge in [0, 0.05) is 0 Å². The summed E-state index contributed by atoms with van der Waals surface area (Å²) in [7, 11) is 0. The summed E-state index contributed by atoms with van der Waals surface area (Å²) in [4.78, 5) is 7.99. The van der Waals surface area contributed by atoms with Crippen LogP contribution in [0.2, 0.25) is 0 Å². The number of hydrogen-bond donors (Lipinski definition) is 1. The van der Waals surface area contributed by atoms with Gasteiger partial charge in [0.2, 0.25) is 5.88 Å². The van der Waals surface area contributed by atoms with E-state index in [9.17, 15) is 0 Å². The lowest BCUT2D eigenvalue weighted by Gasteiger charge is -2.07. The predicted molar refractivity (Wildman–Crippen MR) is 53.3 cm³/mol. The molecule has 1 rings (SSSR count). The van der Waals surface area contributed by atoms with E-state index in [2.05, 4.69) is 9.97 Å². The number of aromatic nitrogens is 2. The van der Waals surface area contributed by atoms with Gasteiger partial charge in [0.1, 0.15) is 5.92 Å². The van der Waals surface area contributed by atoms with Crippen LogP contribution in [-0.4, -0.2) is 28.3 Å². The SMILES string of the molecule is CCCOc1cncc(C(C#N)CO)n1. The Balaban J connectivity index is 2.78. The molecule has 1 heterocycles. The fraction of sp³-hybridized carbons (Fsp3) is 0.500. The summed E-state index contributed by atoms with van der Waals surface area (Å²) in [5.41, 5.74) is 0.439. The molecule has 0 aliphatic carbocycles. The summed E-state index contributed by atoms with van der Waals surface area (Å²) in [6.07, 6.45) is 3.83. The van der Waals surface area contributed by atoms with E-state index in [-0.39, 0.29) is 6.61 Å². The molecule has 0 amide bonds.